The van der Waals surface area contributed by atoms with Crippen LogP contribution in [0.1, 0.15) is 36.3 Å². The smallest absolute Gasteiger partial charge is 0.270 e. The van der Waals surface area contributed by atoms with Crippen LogP contribution in [0.25, 0.3) is 16.9 Å². The summed E-state index contributed by atoms with van der Waals surface area (Å²) in [4.78, 5) is 23.3. The standard InChI is InChI=1S/C21H22N4O3/c1-4-15(3)22-21(26)20-13-19(16-8-10-17(11-9-16)25(27)28)23-24(20)18-7-5-6-14(2)12-18/h5-13,15H,4H2,1-3H3,(H,22,26)/t15-/m1/s1. The molecule has 7 heteroatoms. The average molecular weight is 378 g/mol. The second kappa shape index (κ2) is 8.04. The summed E-state index contributed by atoms with van der Waals surface area (Å²) in [5, 5.41) is 18.5. The van der Waals surface area contributed by atoms with Crippen LogP contribution in [-0.4, -0.2) is 26.7 Å². The van der Waals surface area contributed by atoms with Crippen molar-refractivity contribution in [3.63, 3.8) is 0 Å². The molecule has 2 aromatic carbocycles. The topological polar surface area (TPSA) is 90.1 Å². The predicted octanol–water partition coefficient (Wildman–Crippen LogP) is 4.28. The van der Waals surface area contributed by atoms with Gasteiger partial charge in [0.1, 0.15) is 5.69 Å². The number of nitrogens with zero attached hydrogens (tertiary/aromatic N) is 3. The Morgan fingerprint density at radius 3 is 2.54 bits per heavy atom. The Hall–Kier alpha value is -3.48. The van der Waals surface area contributed by atoms with E-state index in [1.165, 1.54) is 12.1 Å². The van der Waals surface area contributed by atoms with Gasteiger partial charge in [-0.05, 0) is 56.2 Å². The molecule has 0 spiro atoms. The molecule has 1 heterocycles. The van der Waals surface area contributed by atoms with E-state index in [2.05, 4.69) is 10.4 Å². The van der Waals surface area contributed by atoms with Crippen molar-refractivity contribution in [2.24, 2.45) is 0 Å². The molecule has 1 aromatic heterocycles. The number of hydrogen-bond donors (Lipinski definition) is 1. The second-order valence-electron chi connectivity index (χ2n) is 6.75. The van der Waals surface area contributed by atoms with Crippen LogP contribution < -0.4 is 5.32 Å². The van der Waals surface area contributed by atoms with Gasteiger partial charge in [-0.15, -0.1) is 0 Å². The number of nitrogens with one attached hydrogen (secondary N) is 1. The van der Waals surface area contributed by atoms with Crippen LogP contribution in [0.5, 0.6) is 0 Å². The molecule has 0 unspecified atom stereocenters. The summed E-state index contributed by atoms with van der Waals surface area (Å²) in [5.74, 6) is -0.212. The summed E-state index contributed by atoms with van der Waals surface area (Å²) < 4.78 is 1.61. The Morgan fingerprint density at radius 2 is 1.93 bits per heavy atom. The molecule has 28 heavy (non-hydrogen) atoms. The maximum Gasteiger partial charge on any atom is 0.270 e. The lowest BCUT2D eigenvalue weighted by Gasteiger charge is -2.12. The van der Waals surface area contributed by atoms with Gasteiger partial charge in [-0.1, -0.05) is 19.1 Å². The molecule has 3 rings (SSSR count). The van der Waals surface area contributed by atoms with Gasteiger partial charge in [-0.25, -0.2) is 4.68 Å². The highest BCUT2D eigenvalue weighted by atomic mass is 16.6. The van der Waals surface area contributed by atoms with E-state index in [4.69, 9.17) is 0 Å². The van der Waals surface area contributed by atoms with Crippen molar-refractivity contribution >= 4 is 11.6 Å². The van der Waals surface area contributed by atoms with Crippen molar-refractivity contribution in [1.82, 2.24) is 15.1 Å². The molecule has 7 nitrogen and oxygen atoms in total. The third-order valence-corrected chi connectivity index (χ3v) is 4.55. The highest BCUT2D eigenvalue weighted by Crippen LogP contribution is 2.24. The summed E-state index contributed by atoms with van der Waals surface area (Å²) in [6, 6.07) is 15.6. The van der Waals surface area contributed by atoms with Gasteiger partial charge in [0.05, 0.1) is 16.3 Å². The quantitative estimate of drug-likeness (QED) is 0.512. The van der Waals surface area contributed by atoms with E-state index in [9.17, 15) is 14.9 Å². The number of rotatable bonds is 6. The first-order valence-electron chi connectivity index (χ1n) is 9.12. The van der Waals surface area contributed by atoms with Gasteiger partial charge in [0, 0.05) is 23.7 Å². The lowest BCUT2D eigenvalue weighted by molar-refractivity contribution is -0.384. The molecule has 0 aliphatic heterocycles. The number of amides is 1. The number of nitro benzene ring substituents is 1. The first kappa shape index (κ1) is 19.3. The Morgan fingerprint density at radius 1 is 1.21 bits per heavy atom. The van der Waals surface area contributed by atoms with Crippen LogP contribution in [0.2, 0.25) is 0 Å². The number of aryl methyl sites for hydroxylation is 1. The van der Waals surface area contributed by atoms with E-state index in [0.717, 1.165) is 17.7 Å². The molecule has 0 fully saturated rings. The Bertz CT molecular complexity index is 1010. The highest BCUT2D eigenvalue weighted by molar-refractivity contribution is 5.94. The van der Waals surface area contributed by atoms with Gasteiger partial charge < -0.3 is 5.32 Å². The molecule has 144 valence electrons. The lowest BCUT2D eigenvalue weighted by atomic mass is 10.1. The fraction of sp³-hybridized carbons (Fsp3) is 0.238. The number of non-ortho nitro benzene ring substituents is 1. The van der Waals surface area contributed by atoms with Gasteiger partial charge in [0.2, 0.25) is 0 Å². The van der Waals surface area contributed by atoms with Crippen LogP contribution in [0, 0.1) is 17.0 Å². The maximum absolute atomic E-state index is 12.8. The minimum atomic E-state index is -0.444. The van der Waals surface area contributed by atoms with E-state index < -0.39 is 4.92 Å². The Kier molecular flexibility index (Phi) is 5.54. The molecule has 0 aliphatic carbocycles. The summed E-state index contributed by atoms with van der Waals surface area (Å²) in [6.07, 6.45) is 0.819. The SMILES string of the molecule is CC[C@@H](C)NC(=O)c1cc(-c2ccc([N+](=O)[O-])cc2)nn1-c1cccc(C)c1. The normalized spacial score (nSPS) is 11.8. The van der Waals surface area contributed by atoms with E-state index in [1.54, 1.807) is 22.9 Å². The largest absolute Gasteiger partial charge is 0.348 e. The lowest BCUT2D eigenvalue weighted by Crippen LogP contribution is -2.33. The monoisotopic (exact) mass is 378 g/mol. The van der Waals surface area contributed by atoms with E-state index in [1.807, 2.05) is 45.0 Å². The average Bonchev–Trinajstić information content (AvgIpc) is 3.13. The van der Waals surface area contributed by atoms with Crippen molar-refractivity contribution in [2.45, 2.75) is 33.2 Å². The molecule has 0 aliphatic rings. The number of benzene rings is 2. The Balaban J connectivity index is 2.06. The number of aromatic nitrogens is 2. The van der Waals surface area contributed by atoms with Crippen LogP contribution >= 0.6 is 0 Å². The van der Waals surface area contributed by atoms with E-state index >= 15 is 0 Å². The zero-order valence-electron chi connectivity index (χ0n) is 16.0. The molecule has 0 saturated carbocycles. The van der Waals surface area contributed by atoms with Crippen molar-refractivity contribution in [1.29, 1.82) is 0 Å². The molecule has 0 saturated heterocycles. The molecular weight excluding hydrogens is 356 g/mol. The van der Waals surface area contributed by atoms with Gasteiger partial charge in [-0.3, -0.25) is 14.9 Å². The number of hydrogen-bond acceptors (Lipinski definition) is 4. The number of nitro groups is 1. The molecule has 0 bridgehead atoms. The summed E-state index contributed by atoms with van der Waals surface area (Å²) in [6.45, 7) is 5.93. The van der Waals surface area contributed by atoms with Crippen molar-refractivity contribution in [2.75, 3.05) is 0 Å². The van der Waals surface area contributed by atoms with E-state index in [-0.39, 0.29) is 17.6 Å². The fourth-order valence-electron chi connectivity index (χ4n) is 2.79. The fourth-order valence-corrected chi connectivity index (χ4v) is 2.79. The molecule has 0 radical (unpaired) electrons. The first-order valence-corrected chi connectivity index (χ1v) is 9.12. The maximum atomic E-state index is 12.8. The number of carbonyl (C=O) groups is 1. The molecule has 3 aromatic rings. The third-order valence-electron chi connectivity index (χ3n) is 4.55. The molecule has 1 N–H and O–H groups in total. The van der Waals surface area contributed by atoms with Crippen LogP contribution in [0.4, 0.5) is 5.69 Å². The summed E-state index contributed by atoms with van der Waals surface area (Å²) in [5.41, 5.74) is 3.54. The number of carbonyl (C=O) groups excluding carboxylic acids is 1. The minimum Gasteiger partial charge on any atom is -0.348 e. The van der Waals surface area contributed by atoms with Crippen molar-refractivity contribution in [3.05, 3.63) is 76.0 Å². The second-order valence-corrected chi connectivity index (χ2v) is 6.75. The van der Waals surface area contributed by atoms with Crippen LogP contribution in [0.3, 0.4) is 0 Å². The zero-order valence-corrected chi connectivity index (χ0v) is 16.0. The molecular formula is C21H22N4O3. The minimum absolute atomic E-state index is 0.0107. The van der Waals surface area contributed by atoms with Gasteiger partial charge in [0.25, 0.3) is 11.6 Å². The Labute approximate surface area is 163 Å². The zero-order chi connectivity index (χ0) is 20.3. The van der Waals surface area contributed by atoms with Gasteiger partial charge in [0.15, 0.2) is 0 Å². The van der Waals surface area contributed by atoms with Gasteiger partial charge in [-0.2, -0.15) is 5.10 Å². The first-order chi connectivity index (χ1) is 13.4. The molecule has 1 atom stereocenters. The molecule has 1 amide bonds. The summed E-state index contributed by atoms with van der Waals surface area (Å²) in [7, 11) is 0. The van der Waals surface area contributed by atoms with E-state index in [0.29, 0.717) is 17.0 Å². The van der Waals surface area contributed by atoms with Crippen molar-refractivity contribution in [3.8, 4) is 16.9 Å². The van der Waals surface area contributed by atoms with Crippen LogP contribution in [0.15, 0.2) is 54.6 Å². The van der Waals surface area contributed by atoms with Crippen LogP contribution in [-0.2, 0) is 0 Å². The summed E-state index contributed by atoms with van der Waals surface area (Å²) >= 11 is 0. The van der Waals surface area contributed by atoms with Crippen molar-refractivity contribution < 1.29 is 9.72 Å². The highest BCUT2D eigenvalue weighted by Gasteiger charge is 2.19. The van der Waals surface area contributed by atoms with Gasteiger partial charge >= 0.3 is 0 Å². The third kappa shape index (κ3) is 4.09. The predicted molar refractivity (Wildman–Crippen MR) is 108 cm³/mol.